The van der Waals surface area contributed by atoms with Crippen molar-refractivity contribution >= 4 is 17.0 Å². The van der Waals surface area contributed by atoms with Crippen LogP contribution in [-0.2, 0) is 19.4 Å². The minimum Gasteiger partial charge on any atom is -0.368 e. The number of nitrogens with one attached hydrogen (secondary N) is 1. The number of hydrogen-bond acceptors (Lipinski definition) is 4. The van der Waals surface area contributed by atoms with Crippen molar-refractivity contribution in [1.82, 2.24) is 19.5 Å². The third-order valence-electron chi connectivity index (χ3n) is 4.43. The van der Waals surface area contributed by atoms with Gasteiger partial charge in [-0.2, -0.15) is 0 Å². The molecular weight excluding hydrogens is 286 g/mol. The smallest absolute Gasteiger partial charge is 0.165 e. The Balaban J connectivity index is 1.54. The fraction of sp³-hybridized carbons (Fsp3) is 0.389. The van der Waals surface area contributed by atoms with Crippen LogP contribution in [0.25, 0.3) is 11.2 Å². The lowest BCUT2D eigenvalue weighted by Crippen LogP contribution is -2.10. The fourth-order valence-electron chi connectivity index (χ4n) is 3.28. The van der Waals surface area contributed by atoms with Crippen LogP contribution in [0.3, 0.4) is 0 Å². The molecule has 2 aromatic heterocycles. The second-order valence-electron chi connectivity index (χ2n) is 6.20. The van der Waals surface area contributed by atoms with E-state index in [-0.39, 0.29) is 0 Å². The van der Waals surface area contributed by atoms with Crippen molar-refractivity contribution in [2.75, 3.05) is 11.9 Å². The number of aromatic nitrogens is 4. The van der Waals surface area contributed by atoms with E-state index in [1.54, 1.807) is 6.33 Å². The van der Waals surface area contributed by atoms with Crippen molar-refractivity contribution in [3.63, 3.8) is 0 Å². The number of imidazole rings is 1. The Labute approximate surface area is 135 Å². The average Bonchev–Trinajstić information content (AvgIpc) is 2.95. The average molecular weight is 307 g/mol. The van der Waals surface area contributed by atoms with Crippen LogP contribution in [0.2, 0.25) is 0 Å². The van der Waals surface area contributed by atoms with Gasteiger partial charge >= 0.3 is 0 Å². The Hall–Kier alpha value is -2.43. The summed E-state index contributed by atoms with van der Waals surface area (Å²) in [6.45, 7) is 3.99. The first kappa shape index (κ1) is 14.2. The minimum absolute atomic E-state index is 0.845. The lowest BCUT2D eigenvalue weighted by molar-refractivity contribution is 0.530. The predicted octanol–water partition coefficient (Wildman–Crippen LogP) is 3.13. The molecule has 5 nitrogen and oxygen atoms in total. The molecule has 0 amide bonds. The highest BCUT2D eigenvalue weighted by atomic mass is 15.2. The maximum Gasteiger partial charge on any atom is 0.165 e. The number of hydrogen-bond donors (Lipinski definition) is 1. The summed E-state index contributed by atoms with van der Waals surface area (Å²) in [4.78, 5) is 13.6. The van der Waals surface area contributed by atoms with Crippen molar-refractivity contribution < 1.29 is 0 Å². The molecule has 1 aliphatic heterocycles. The van der Waals surface area contributed by atoms with E-state index >= 15 is 0 Å². The van der Waals surface area contributed by atoms with Crippen LogP contribution in [-0.4, -0.2) is 26.1 Å². The first-order chi connectivity index (χ1) is 11.3. The number of nitrogens with zero attached hydrogens (tertiary/aromatic N) is 4. The highest BCUT2D eigenvalue weighted by molar-refractivity contribution is 5.83. The Kier molecular flexibility index (Phi) is 3.69. The molecule has 4 rings (SSSR count). The van der Waals surface area contributed by atoms with Crippen LogP contribution in [0, 0.1) is 6.92 Å². The lowest BCUT2D eigenvalue weighted by Gasteiger charge is -2.12. The summed E-state index contributed by atoms with van der Waals surface area (Å²) in [5, 5.41) is 3.44. The number of rotatable bonds is 4. The molecule has 5 heteroatoms. The van der Waals surface area contributed by atoms with E-state index in [2.05, 4.69) is 51.0 Å². The van der Waals surface area contributed by atoms with E-state index in [1.807, 2.05) is 0 Å². The fourth-order valence-corrected chi connectivity index (χ4v) is 3.28. The number of anilines is 1. The third kappa shape index (κ3) is 2.79. The molecule has 0 spiro atoms. The van der Waals surface area contributed by atoms with Gasteiger partial charge in [0.2, 0.25) is 0 Å². The molecule has 0 fully saturated rings. The molecule has 0 bridgehead atoms. The summed E-state index contributed by atoms with van der Waals surface area (Å²) in [6, 6.07) is 8.63. The molecule has 0 aliphatic carbocycles. The van der Waals surface area contributed by atoms with Crippen molar-refractivity contribution in [1.29, 1.82) is 0 Å². The molecule has 3 heterocycles. The Morgan fingerprint density at radius 1 is 1.22 bits per heavy atom. The van der Waals surface area contributed by atoms with Crippen LogP contribution in [0.1, 0.15) is 29.8 Å². The van der Waals surface area contributed by atoms with Gasteiger partial charge in [0.15, 0.2) is 17.0 Å². The van der Waals surface area contributed by atoms with Crippen LogP contribution >= 0.6 is 0 Å². The van der Waals surface area contributed by atoms with E-state index in [0.717, 1.165) is 48.7 Å². The highest BCUT2D eigenvalue weighted by Gasteiger charge is 2.17. The van der Waals surface area contributed by atoms with Gasteiger partial charge in [-0.3, -0.25) is 0 Å². The quantitative estimate of drug-likeness (QED) is 0.804. The summed E-state index contributed by atoms with van der Waals surface area (Å²) in [5.41, 5.74) is 4.52. The molecule has 0 radical (unpaired) electrons. The monoisotopic (exact) mass is 307 g/mol. The molecule has 1 N–H and O–H groups in total. The van der Waals surface area contributed by atoms with Gasteiger partial charge in [0.1, 0.15) is 12.2 Å². The molecular formula is C18H21N5. The molecule has 0 unspecified atom stereocenters. The van der Waals surface area contributed by atoms with Gasteiger partial charge in [0.05, 0.1) is 0 Å². The number of benzene rings is 1. The molecule has 0 saturated carbocycles. The van der Waals surface area contributed by atoms with E-state index < -0.39 is 0 Å². The van der Waals surface area contributed by atoms with Gasteiger partial charge in [0, 0.05) is 19.5 Å². The molecule has 1 aromatic carbocycles. The normalized spacial score (nSPS) is 14.0. The van der Waals surface area contributed by atoms with Crippen LogP contribution in [0.15, 0.2) is 30.6 Å². The minimum atomic E-state index is 0.845. The highest BCUT2D eigenvalue weighted by Crippen LogP contribution is 2.24. The topological polar surface area (TPSA) is 55.6 Å². The van der Waals surface area contributed by atoms with Crippen molar-refractivity contribution in [3.8, 4) is 0 Å². The second-order valence-corrected chi connectivity index (χ2v) is 6.20. The SMILES string of the molecule is Cc1cccc(CCNc2ncnc3c2nc2n3CCCC2)c1. The van der Waals surface area contributed by atoms with Crippen LogP contribution in [0.4, 0.5) is 5.82 Å². The third-order valence-corrected chi connectivity index (χ3v) is 4.43. The van der Waals surface area contributed by atoms with Gasteiger partial charge in [-0.05, 0) is 31.7 Å². The van der Waals surface area contributed by atoms with E-state index in [1.165, 1.54) is 24.0 Å². The predicted molar refractivity (Wildman–Crippen MR) is 91.6 cm³/mol. The number of fused-ring (bicyclic) bond motifs is 3. The number of aryl methyl sites for hydroxylation is 3. The van der Waals surface area contributed by atoms with Gasteiger partial charge in [-0.1, -0.05) is 29.8 Å². The zero-order valence-electron chi connectivity index (χ0n) is 13.4. The summed E-state index contributed by atoms with van der Waals surface area (Å²) in [7, 11) is 0. The van der Waals surface area contributed by atoms with E-state index in [0.29, 0.717) is 0 Å². The zero-order valence-corrected chi connectivity index (χ0v) is 13.4. The zero-order chi connectivity index (χ0) is 15.6. The van der Waals surface area contributed by atoms with Crippen LogP contribution in [0.5, 0.6) is 0 Å². The maximum atomic E-state index is 4.77. The van der Waals surface area contributed by atoms with Gasteiger partial charge in [0.25, 0.3) is 0 Å². The van der Waals surface area contributed by atoms with E-state index in [4.69, 9.17) is 4.98 Å². The first-order valence-electron chi connectivity index (χ1n) is 8.31. The molecule has 0 saturated heterocycles. The van der Waals surface area contributed by atoms with Crippen molar-refractivity contribution in [2.24, 2.45) is 0 Å². The Morgan fingerprint density at radius 2 is 2.17 bits per heavy atom. The van der Waals surface area contributed by atoms with Gasteiger partial charge in [-0.25, -0.2) is 15.0 Å². The second kappa shape index (κ2) is 5.99. The standard InChI is InChI=1S/C18H21N5/c1-13-5-4-6-14(11-13)8-9-19-17-16-18(21-12-20-17)23-10-3-2-7-15(23)22-16/h4-6,11-12H,2-3,7-10H2,1H3,(H,19,20,21). The summed E-state index contributed by atoms with van der Waals surface area (Å²) < 4.78 is 2.24. The van der Waals surface area contributed by atoms with E-state index in [9.17, 15) is 0 Å². The Bertz CT molecular complexity index is 837. The molecule has 1 aliphatic rings. The first-order valence-corrected chi connectivity index (χ1v) is 8.31. The molecule has 3 aromatic rings. The Morgan fingerprint density at radius 3 is 3.09 bits per heavy atom. The van der Waals surface area contributed by atoms with Gasteiger partial charge < -0.3 is 9.88 Å². The largest absolute Gasteiger partial charge is 0.368 e. The summed E-state index contributed by atoms with van der Waals surface area (Å²) in [5.74, 6) is 2.00. The van der Waals surface area contributed by atoms with Gasteiger partial charge in [-0.15, -0.1) is 0 Å². The lowest BCUT2D eigenvalue weighted by atomic mass is 10.1. The summed E-state index contributed by atoms with van der Waals surface area (Å²) in [6.07, 6.45) is 6.08. The van der Waals surface area contributed by atoms with Crippen molar-refractivity contribution in [2.45, 2.75) is 39.2 Å². The maximum absolute atomic E-state index is 4.77. The molecule has 23 heavy (non-hydrogen) atoms. The van der Waals surface area contributed by atoms with Crippen LogP contribution < -0.4 is 5.32 Å². The summed E-state index contributed by atoms with van der Waals surface area (Å²) >= 11 is 0. The molecule has 118 valence electrons. The van der Waals surface area contributed by atoms with Crippen molar-refractivity contribution in [3.05, 3.63) is 47.5 Å². The molecule has 0 atom stereocenters.